The molecule has 1 fully saturated rings. The van der Waals surface area contributed by atoms with Crippen molar-refractivity contribution in [2.75, 3.05) is 0 Å². The van der Waals surface area contributed by atoms with Gasteiger partial charge in [0, 0.05) is 12.6 Å². The van der Waals surface area contributed by atoms with Crippen molar-refractivity contribution >= 4 is 5.91 Å². The summed E-state index contributed by atoms with van der Waals surface area (Å²) in [5, 5.41) is 11.7. The summed E-state index contributed by atoms with van der Waals surface area (Å²) in [5.74, 6) is -0.000332. The number of nitriles is 1. The molecule has 3 N–H and O–H groups in total. The predicted octanol–water partition coefficient (Wildman–Crippen LogP) is 2.08. The summed E-state index contributed by atoms with van der Waals surface area (Å²) in [6.45, 7) is 0.494. The predicted molar refractivity (Wildman–Crippen MR) is 77.6 cm³/mol. The highest BCUT2D eigenvalue weighted by atomic mass is 16.1. The van der Waals surface area contributed by atoms with E-state index in [1.165, 1.54) is 6.42 Å². The van der Waals surface area contributed by atoms with E-state index >= 15 is 0 Å². The van der Waals surface area contributed by atoms with Crippen molar-refractivity contribution in [2.45, 2.75) is 44.7 Å². The monoisotopic (exact) mass is 271 g/mol. The molecule has 1 aromatic carbocycles. The van der Waals surface area contributed by atoms with Gasteiger partial charge in [-0.1, -0.05) is 31.4 Å². The molecule has 1 saturated carbocycles. The van der Waals surface area contributed by atoms with Crippen LogP contribution in [0.2, 0.25) is 0 Å². The summed E-state index contributed by atoms with van der Waals surface area (Å²) in [6.07, 6.45) is 5.21. The van der Waals surface area contributed by atoms with Crippen LogP contribution < -0.4 is 11.1 Å². The van der Waals surface area contributed by atoms with Crippen molar-refractivity contribution in [3.05, 3.63) is 35.4 Å². The van der Waals surface area contributed by atoms with Gasteiger partial charge in [-0.25, -0.2) is 0 Å². The molecule has 2 atom stereocenters. The normalized spacial score (nSPS) is 22.6. The van der Waals surface area contributed by atoms with E-state index in [9.17, 15) is 4.79 Å². The Morgan fingerprint density at radius 3 is 2.65 bits per heavy atom. The first kappa shape index (κ1) is 14.5. The standard InChI is InChI=1S/C16H21N3O/c17-10-12-6-8-13(9-7-12)11-19-16(20)14-4-2-1-3-5-15(14)18/h6-9,14-15H,1-5,11,18H2,(H,19,20). The quantitative estimate of drug-likeness (QED) is 0.826. The lowest BCUT2D eigenvalue weighted by Gasteiger charge is -2.20. The maximum absolute atomic E-state index is 12.2. The van der Waals surface area contributed by atoms with Crippen LogP contribution in [0.25, 0.3) is 0 Å². The van der Waals surface area contributed by atoms with Gasteiger partial charge in [-0.2, -0.15) is 5.26 Å². The van der Waals surface area contributed by atoms with Gasteiger partial charge in [-0.05, 0) is 30.5 Å². The van der Waals surface area contributed by atoms with Gasteiger partial charge in [-0.3, -0.25) is 4.79 Å². The summed E-state index contributed by atoms with van der Waals surface area (Å²) in [7, 11) is 0. The highest BCUT2D eigenvalue weighted by Crippen LogP contribution is 2.22. The first-order chi connectivity index (χ1) is 9.70. The highest BCUT2D eigenvalue weighted by molar-refractivity contribution is 5.79. The average molecular weight is 271 g/mol. The van der Waals surface area contributed by atoms with Crippen LogP contribution in [-0.4, -0.2) is 11.9 Å². The van der Waals surface area contributed by atoms with Crippen LogP contribution in [0.5, 0.6) is 0 Å². The van der Waals surface area contributed by atoms with Crippen LogP contribution in [0.1, 0.15) is 43.2 Å². The van der Waals surface area contributed by atoms with Crippen molar-refractivity contribution in [2.24, 2.45) is 11.7 Å². The largest absolute Gasteiger partial charge is 0.352 e. The van der Waals surface area contributed by atoms with Crippen molar-refractivity contribution in [1.82, 2.24) is 5.32 Å². The fourth-order valence-electron chi connectivity index (χ4n) is 2.68. The Labute approximate surface area is 120 Å². The van der Waals surface area contributed by atoms with Gasteiger partial charge < -0.3 is 11.1 Å². The van der Waals surface area contributed by atoms with Crippen molar-refractivity contribution < 1.29 is 4.79 Å². The van der Waals surface area contributed by atoms with Crippen LogP contribution in [-0.2, 0) is 11.3 Å². The van der Waals surface area contributed by atoms with Gasteiger partial charge in [0.15, 0.2) is 0 Å². The molecule has 4 heteroatoms. The molecule has 1 amide bonds. The zero-order valence-electron chi connectivity index (χ0n) is 11.6. The van der Waals surface area contributed by atoms with Crippen LogP contribution in [0.15, 0.2) is 24.3 Å². The number of rotatable bonds is 3. The molecule has 0 aliphatic heterocycles. The van der Waals surface area contributed by atoms with E-state index in [2.05, 4.69) is 11.4 Å². The Morgan fingerprint density at radius 2 is 1.95 bits per heavy atom. The zero-order valence-corrected chi connectivity index (χ0v) is 11.6. The number of nitrogens with one attached hydrogen (secondary N) is 1. The number of benzene rings is 1. The molecular weight excluding hydrogens is 250 g/mol. The molecule has 1 aliphatic rings. The number of hydrogen-bond donors (Lipinski definition) is 2. The van der Waals surface area contributed by atoms with E-state index in [-0.39, 0.29) is 17.9 Å². The number of hydrogen-bond acceptors (Lipinski definition) is 3. The Hall–Kier alpha value is -1.86. The summed E-state index contributed by atoms with van der Waals surface area (Å²) < 4.78 is 0. The summed E-state index contributed by atoms with van der Waals surface area (Å²) in [6, 6.07) is 9.32. The molecular formula is C16H21N3O. The molecule has 1 aliphatic carbocycles. The summed E-state index contributed by atoms with van der Waals surface area (Å²) in [5.41, 5.74) is 7.72. The number of carbonyl (C=O) groups excluding carboxylic acids is 1. The van der Waals surface area contributed by atoms with E-state index in [0.717, 1.165) is 31.2 Å². The minimum atomic E-state index is -0.0594. The van der Waals surface area contributed by atoms with E-state index < -0.39 is 0 Å². The average Bonchev–Trinajstić information content (AvgIpc) is 2.70. The van der Waals surface area contributed by atoms with Gasteiger partial charge in [-0.15, -0.1) is 0 Å². The molecule has 0 aromatic heterocycles. The van der Waals surface area contributed by atoms with Crippen molar-refractivity contribution in [3.8, 4) is 6.07 Å². The van der Waals surface area contributed by atoms with E-state index in [1.807, 2.05) is 12.1 Å². The zero-order chi connectivity index (χ0) is 14.4. The van der Waals surface area contributed by atoms with Gasteiger partial charge in [0.25, 0.3) is 0 Å². The van der Waals surface area contributed by atoms with Crippen LogP contribution in [0.4, 0.5) is 0 Å². The maximum Gasteiger partial charge on any atom is 0.224 e. The number of carbonyl (C=O) groups is 1. The molecule has 0 radical (unpaired) electrons. The molecule has 1 aromatic rings. The van der Waals surface area contributed by atoms with Crippen LogP contribution in [0, 0.1) is 17.2 Å². The topological polar surface area (TPSA) is 78.9 Å². The molecule has 0 spiro atoms. The third kappa shape index (κ3) is 3.82. The SMILES string of the molecule is N#Cc1ccc(CNC(=O)C2CCCCCC2N)cc1. The second-order valence-corrected chi connectivity index (χ2v) is 5.43. The number of amides is 1. The lowest BCUT2D eigenvalue weighted by molar-refractivity contribution is -0.126. The Bertz CT molecular complexity index is 489. The van der Waals surface area contributed by atoms with Crippen molar-refractivity contribution in [1.29, 1.82) is 5.26 Å². The van der Waals surface area contributed by atoms with Crippen LogP contribution >= 0.6 is 0 Å². The van der Waals surface area contributed by atoms with E-state index in [4.69, 9.17) is 11.0 Å². The molecule has 0 heterocycles. The van der Waals surface area contributed by atoms with E-state index in [0.29, 0.717) is 12.1 Å². The minimum absolute atomic E-state index is 0.0153. The fraction of sp³-hybridized carbons (Fsp3) is 0.500. The summed E-state index contributed by atoms with van der Waals surface area (Å²) >= 11 is 0. The second kappa shape index (κ2) is 7.06. The lowest BCUT2D eigenvalue weighted by atomic mass is 9.94. The molecule has 2 rings (SSSR count). The number of nitrogens with two attached hydrogens (primary N) is 1. The maximum atomic E-state index is 12.2. The van der Waals surface area contributed by atoms with Crippen LogP contribution in [0.3, 0.4) is 0 Å². The van der Waals surface area contributed by atoms with E-state index in [1.54, 1.807) is 12.1 Å². The number of nitrogens with zero attached hydrogens (tertiary/aromatic N) is 1. The summed E-state index contributed by atoms with van der Waals surface area (Å²) in [4.78, 5) is 12.2. The third-order valence-corrected chi connectivity index (χ3v) is 3.96. The Morgan fingerprint density at radius 1 is 1.25 bits per heavy atom. The minimum Gasteiger partial charge on any atom is -0.352 e. The smallest absolute Gasteiger partial charge is 0.224 e. The lowest BCUT2D eigenvalue weighted by Crippen LogP contribution is -2.41. The molecule has 0 bridgehead atoms. The molecule has 2 unspecified atom stereocenters. The highest BCUT2D eigenvalue weighted by Gasteiger charge is 2.26. The van der Waals surface area contributed by atoms with Gasteiger partial charge in [0.1, 0.15) is 0 Å². The van der Waals surface area contributed by atoms with Crippen molar-refractivity contribution in [3.63, 3.8) is 0 Å². The molecule has 4 nitrogen and oxygen atoms in total. The Kier molecular flexibility index (Phi) is 5.14. The molecule has 20 heavy (non-hydrogen) atoms. The van der Waals surface area contributed by atoms with Gasteiger partial charge in [0.2, 0.25) is 5.91 Å². The third-order valence-electron chi connectivity index (χ3n) is 3.96. The molecule has 0 saturated heterocycles. The van der Waals surface area contributed by atoms with Gasteiger partial charge in [0.05, 0.1) is 17.6 Å². The van der Waals surface area contributed by atoms with Gasteiger partial charge >= 0.3 is 0 Å². The first-order valence-electron chi connectivity index (χ1n) is 7.23. The molecule has 106 valence electrons. The Balaban J connectivity index is 1.88. The second-order valence-electron chi connectivity index (χ2n) is 5.43. The first-order valence-corrected chi connectivity index (χ1v) is 7.23. The fourth-order valence-corrected chi connectivity index (χ4v) is 2.68.